The van der Waals surface area contributed by atoms with Gasteiger partial charge >= 0.3 is 6.61 Å². The topological polar surface area (TPSA) is 76.7 Å². The van der Waals surface area contributed by atoms with Crippen LogP contribution in [-0.2, 0) is 16.6 Å². The van der Waals surface area contributed by atoms with Gasteiger partial charge in [0.15, 0.2) is 11.5 Å². The van der Waals surface area contributed by atoms with Crippen LogP contribution in [-0.4, -0.2) is 41.5 Å². The number of sulfonamides is 1. The number of rotatable bonds is 9. The molecule has 1 aromatic rings. The van der Waals surface area contributed by atoms with Gasteiger partial charge in [-0.15, -0.1) is 0 Å². The van der Waals surface area contributed by atoms with Crippen LogP contribution in [0.25, 0.3) is 0 Å². The van der Waals surface area contributed by atoms with Crippen LogP contribution in [0.1, 0.15) is 5.56 Å². The summed E-state index contributed by atoms with van der Waals surface area (Å²) in [6.07, 6.45) is 1.07. The quantitative estimate of drug-likeness (QED) is 0.661. The molecular formula is C12H18F2N2O4S. The number of nitrogens with one attached hydrogen (secondary N) is 2. The van der Waals surface area contributed by atoms with E-state index in [1.165, 1.54) is 19.2 Å². The van der Waals surface area contributed by atoms with Crippen LogP contribution >= 0.6 is 0 Å². The van der Waals surface area contributed by atoms with E-state index in [-0.39, 0.29) is 18.0 Å². The first-order chi connectivity index (χ1) is 9.81. The van der Waals surface area contributed by atoms with E-state index in [0.29, 0.717) is 18.7 Å². The predicted molar refractivity (Wildman–Crippen MR) is 74.2 cm³/mol. The molecule has 0 atom stereocenters. The van der Waals surface area contributed by atoms with Crippen LogP contribution in [0.3, 0.4) is 0 Å². The van der Waals surface area contributed by atoms with Gasteiger partial charge in [-0.25, -0.2) is 13.1 Å². The van der Waals surface area contributed by atoms with Crippen molar-refractivity contribution in [3.8, 4) is 11.5 Å². The Hall–Kier alpha value is -1.45. The summed E-state index contributed by atoms with van der Waals surface area (Å²) in [6.45, 7) is -1.89. The highest BCUT2D eigenvalue weighted by Gasteiger charge is 2.11. The SMILES string of the molecule is COc1ccc(CNCCNS(C)(=O)=O)cc1OC(F)F. The van der Waals surface area contributed by atoms with Gasteiger partial charge in [0.2, 0.25) is 10.0 Å². The molecule has 0 spiro atoms. The number of hydrogen-bond acceptors (Lipinski definition) is 5. The summed E-state index contributed by atoms with van der Waals surface area (Å²) in [7, 11) is -1.84. The Kier molecular flexibility index (Phi) is 6.79. The van der Waals surface area contributed by atoms with Crippen LogP contribution < -0.4 is 19.5 Å². The molecule has 0 aliphatic heterocycles. The van der Waals surface area contributed by atoms with Crippen LogP contribution in [0, 0.1) is 0 Å². The van der Waals surface area contributed by atoms with E-state index in [0.717, 1.165) is 6.26 Å². The maximum atomic E-state index is 12.3. The van der Waals surface area contributed by atoms with E-state index < -0.39 is 16.6 Å². The summed E-state index contributed by atoms with van der Waals surface area (Å²) in [4.78, 5) is 0. The molecule has 0 aromatic heterocycles. The summed E-state index contributed by atoms with van der Waals surface area (Å²) in [6, 6.07) is 4.68. The Bertz CT molecular complexity index is 552. The van der Waals surface area contributed by atoms with Crippen LogP contribution in [0.5, 0.6) is 11.5 Å². The minimum Gasteiger partial charge on any atom is -0.493 e. The van der Waals surface area contributed by atoms with E-state index >= 15 is 0 Å². The maximum absolute atomic E-state index is 12.3. The second kappa shape index (κ2) is 8.11. The van der Waals surface area contributed by atoms with E-state index in [1.807, 2.05) is 0 Å². The van der Waals surface area contributed by atoms with Crippen molar-refractivity contribution in [1.29, 1.82) is 0 Å². The minimum absolute atomic E-state index is 0.0407. The molecule has 9 heteroatoms. The van der Waals surface area contributed by atoms with Crippen molar-refractivity contribution in [2.75, 3.05) is 26.5 Å². The van der Waals surface area contributed by atoms with Gasteiger partial charge in [0.05, 0.1) is 13.4 Å². The second-order valence-electron chi connectivity index (χ2n) is 4.21. The number of alkyl halides is 2. The number of halogens is 2. The van der Waals surface area contributed by atoms with Crippen molar-refractivity contribution in [3.05, 3.63) is 23.8 Å². The molecule has 0 aliphatic rings. The predicted octanol–water partition coefficient (Wildman–Crippen LogP) is 0.935. The number of methoxy groups -OCH3 is 1. The molecule has 0 fully saturated rings. The van der Waals surface area contributed by atoms with E-state index in [2.05, 4.69) is 14.8 Å². The molecule has 120 valence electrons. The van der Waals surface area contributed by atoms with Crippen molar-refractivity contribution in [2.24, 2.45) is 0 Å². The van der Waals surface area contributed by atoms with Gasteiger partial charge in [-0.3, -0.25) is 0 Å². The average molecular weight is 324 g/mol. The van der Waals surface area contributed by atoms with E-state index in [9.17, 15) is 17.2 Å². The van der Waals surface area contributed by atoms with E-state index in [1.54, 1.807) is 6.07 Å². The lowest BCUT2D eigenvalue weighted by atomic mass is 10.2. The molecule has 2 N–H and O–H groups in total. The molecule has 0 aliphatic carbocycles. The maximum Gasteiger partial charge on any atom is 0.387 e. The van der Waals surface area contributed by atoms with Gasteiger partial charge in [0.25, 0.3) is 0 Å². The molecule has 1 rings (SSSR count). The standard InChI is InChI=1S/C12H18F2N2O4S/c1-19-10-4-3-9(7-11(10)20-12(13)14)8-15-5-6-16-21(2,17)18/h3-4,7,12,15-16H,5-6,8H2,1-2H3. The third-order valence-electron chi connectivity index (χ3n) is 2.44. The third kappa shape index (κ3) is 7.21. The molecule has 0 heterocycles. The fourth-order valence-electron chi connectivity index (χ4n) is 1.58. The number of hydrogen-bond donors (Lipinski definition) is 2. The van der Waals surface area contributed by atoms with Gasteiger partial charge in [-0.2, -0.15) is 8.78 Å². The van der Waals surface area contributed by atoms with Gasteiger partial charge in [0.1, 0.15) is 0 Å². The molecular weight excluding hydrogens is 306 g/mol. The lowest BCUT2D eigenvalue weighted by Gasteiger charge is -2.12. The van der Waals surface area contributed by atoms with Crippen molar-refractivity contribution in [1.82, 2.24) is 10.0 Å². The van der Waals surface area contributed by atoms with Gasteiger partial charge < -0.3 is 14.8 Å². The first-order valence-electron chi connectivity index (χ1n) is 6.09. The highest BCUT2D eigenvalue weighted by molar-refractivity contribution is 7.88. The smallest absolute Gasteiger partial charge is 0.387 e. The molecule has 21 heavy (non-hydrogen) atoms. The normalized spacial score (nSPS) is 11.7. The zero-order valence-electron chi connectivity index (χ0n) is 11.7. The molecule has 1 aromatic carbocycles. The lowest BCUT2D eigenvalue weighted by Crippen LogP contribution is -2.30. The number of benzene rings is 1. The van der Waals surface area contributed by atoms with Crippen LogP contribution in [0.2, 0.25) is 0 Å². The molecule has 0 amide bonds. The van der Waals surface area contributed by atoms with Gasteiger partial charge in [0, 0.05) is 19.6 Å². The van der Waals surface area contributed by atoms with Crippen LogP contribution in [0.4, 0.5) is 8.78 Å². The molecule has 0 saturated carbocycles. The largest absolute Gasteiger partial charge is 0.493 e. The zero-order chi connectivity index (χ0) is 15.9. The number of ether oxygens (including phenoxy) is 2. The first-order valence-corrected chi connectivity index (χ1v) is 7.98. The summed E-state index contributed by atoms with van der Waals surface area (Å²) in [5, 5.41) is 2.98. The Labute approximate surface area is 122 Å². The van der Waals surface area contributed by atoms with Crippen molar-refractivity contribution in [3.63, 3.8) is 0 Å². The Morgan fingerprint density at radius 3 is 2.52 bits per heavy atom. The molecule has 6 nitrogen and oxygen atoms in total. The van der Waals surface area contributed by atoms with Crippen molar-refractivity contribution in [2.45, 2.75) is 13.2 Å². The van der Waals surface area contributed by atoms with Gasteiger partial charge in [-0.05, 0) is 17.7 Å². The summed E-state index contributed by atoms with van der Waals surface area (Å²) < 4.78 is 57.9. The first kappa shape index (κ1) is 17.6. The van der Waals surface area contributed by atoms with E-state index in [4.69, 9.17) is 4.74 Å². The third-order valence-corrected chi connectivity index (χ3v) is 3.17. The van der Waals surface area contributed by atoms with Crippen molar-refractivity contribution >= 4 is 10.0 Å². The highest BCUT2D eigenvalue weighted by atomic mass is 32.2. The Morgan fingerprint density at radius 2 is 1.95 bits per heavy atom. The zero-order valence-corrected chi connectivity index (χ0v) is 12.5. The Morgan fingerprint density at radius 1 is 1.24 bits per heavy atom. The second-order valence-corrected chi connectivity index (χ2v) is 6.04. The van der Waals surface area contributed by atoms with Gasteiger partial charge in [-0.1, -0.05) is 6.07 Å². The van der Waals surface area contributed by atoms with Crippen LogP contribution in [0.15, 0.2) is 18.2 Å². The average Bonchev–Trinajstić information content (AvgIpc) is 2.36. The molecule has 0 unspecified atom stereocenters. The lowest BCUT2D eigenvalue weighted by molar-refractivity contribution is -0.0512. The summed E-state index contributed by atoms with van der Waals surface area (Å²) in [5.74, 6) is 0.179. The minimum atomic E-state index is -3.21. The molecule has 0 bridgehead atoms. The summed E-state index contributed by atoms with van der Waals surface area (Å²) in [5.41, 5.74) is 0.714. The monoisotopic (exact) mass is 324 g/mol. The fourth-order valence-corrected chi connectivity index (χ4v) is 2.05. The van der Waals surface area contributed by atoms with Crippen molar-refractivity contribution < 1.29 is 26.7 Å². The molecule has 0 saturated heterocycles. The Balaban J connectivity index is 2.52. The molecule has 0 radical (unpaired) electrons. The highest BCUT2D eigenvalue weighted by Crippen LogP contribution is 2.29. The summed E-state index contributed by atoms with van der Waals surface area (Å²) >= 11 is 0. The fraction of sp³-hybridized carbons (Fsp3) is 0.500.